The lowest BCUT2D eigenvalue weighted by atomic mass is 9.95. The van der Waals surface area contributed by atoms with Crippen molar-refractivity contribution in [2.45, 2.75) is 45.2 Å². The molecule has 1 aromatic heterocycles. The summed E-state index contributed by atoms with van der Waals surface area (Å²) in [6.45, 7) is 3.48. The van der Waals surface area contributed by atoms with Crippen molar-refractivity contribution in [3.05, 3.63) is 35.8 Å². The summed E-state index contributed by atoms with van der Waals surface area (Å²) in [5.74, 6) is -2.89. The lowest BCUT2D eigenvalue weighted by Gasteiger charge is -2.24. The number of aliphatic hydroxyl groups excluding tert-OH is 1. The molecule has 1 aliphatic heterocycles. The van der Waals surface area contributed by atoms with Crippen molar-refractivity contribution in [3.8, 4) is 0 Å². The van der Waals surface area contributed by atoms with Gasteiger partial charge in [-0.25, -0.2) is 4.39 Å². The van der Waals surface area contributed by atoms with Gasteiger partial charge in [-0.3, -0.25) is 19.2 Å². The van der Waals surface area contributed by atoms with Crippen LogP contribution in [0.25, 0.3) is 10.9 Å². The summed E-state index contributed by atoms with van der Waals surface area (Å²) < 4.78 is 14.0. The van der Waals surface area contributed by atoms with E-state index in [1.54, 1.807) is 6.07 Å². The maximum absolute atomic E-state index is 14.0. The molecule has 2 heterocycles. The zero-order valence-corrected chi connectivity index (χ0v) is 18.6. The van der Waals surface area contributed by atoms with Gasteiger partial charge in [0, 0.05) is 17.8 Å². The standard InChI is InChI=1S/C23H29FN4O5/c1-12(2)8-17(28-23(33)18-9-13-4-3-5-15(24)20(13)26-18)22(32)27-16(19(30)11-29)10-14-6-7-25-21(14)31/h3-5,9,12,14,16-17,26,29H,6-8,10-11H2,1-2H3,(H,25,31)(H,27,32)(H,28,33)/t14-,16?,17?/m0/s1. The molecule has 0 saturated carbocycles. The number of aromatic amines is 1. The molecule has 2 unspecified atom stereocenters. The summed E-state index contributed by atoms with van der Waals surface area (Å²) in [6, 6.07) is 3.94. The smallest absolute Gasteiger partial charge is 0.268 e. The van der Waals surface area contributed by atoms with Crippen LogP contribution in [0.4, 0.5) is 4.39 Å². The molecule has 1 aliphatic rings. The number of carbonyl (C=O) groups excluding carboxylic acids is 4. The topological polar surface area (TPSA) is 140 Å². The normalized spacial score (nSPS) is 17.6. The fourth-order valence-electron chi connectivity index (χ4n) is 3.99. The van der Waals surface area contributed by atoms with Gasteiger partial charge in [-0.05, 0) is 37.3 Å². The van der Waals surface area contributed by atoms with Crippen molar-refractivity contribution < 1.29 is 28.7 Å². The number of carbonyl (C=O) groups is 4. The Hall–Kier alpha value is -3.27. The van der Waals surface area contributed by atoms with Crippen molar-refractivity contribution in [2.75, 3.05) is 13.2 Å². The molecule has 3 atom stereocenters. The minimum absolute atomic E-state index is 0.0359. The predicted octanol–water partition coefficient (Wildman–Crippen LogP) is 1.02. The van der Waals surface area contributed by atoms with E-state index in [0.717, 1.165) is 0 Å². The third-order valence-corrected chi connectivity index (χ3v) is 5.72. The van der Waals surface area contributed by atoms with Crippen LogP contribution in [0.3, 0.4) is 0 Å². The van der Waals surface area contributed by atoms with Crippen molar-refractivity contribution in [3.63, 3.8) is 0 Å². The van der Waals surface area contributed by atoms with Gasteiger partial charge in [0.15, 0.2) is 5.78 Å². The molecule has 0 bridgehead atoms. The average molecular weight is 461 g/mol. The summed E-state index contributed by atoms with van der Waals surface area (Å²) in [7, 11) is 0. The Morgan fingerprint density at radius 2 is 1.97 bits per heavy atom. The molecule has 1 fully saturated rings. The number of nitrogens with one attached hydrogen (secondary N) is 4. The van der Waals surface area contributed by atoms with E-state index in [-0.39, 0.29) is 35.9 Å². The molecule has 0 aliphatic carbocycles. The minimum atomic E-state index is -1.05. The first-order valence-electron chi connectivity index (χ1n) is 11.0. The van der Waals surface area contributed by atoms with Crippen molar-refractivity contribution in [1.29, 1.82) is 0 Å². The Morgan fingerprint density at radius 3 is 2.58 bits per heavy atom. The molecule has 10 heteroatoms. The summed E-state index contributed by atoms with van der Waals surface area (Å²) in [5, 5.41) is 17.8. The maximum Gasteiger partial charge on any atom is 0.268 e. The van der Waals surface area contributed by atoms with Crippen LogP contribution < -0.4 is 16.0 Å². The van der Waals surface area contributed by atoms with Gasteiger partial charge in [-0.2, -0.15) is 0 Å². The largest absolute Gasteiger partial charge is 0.389 e. The Kier molecular flexibility index (Phi) is 7.80. The highest BCUT2D eigenvalue weighted by Gasteiger charge is 2.33. The number of hydrogen-bond donors (Lipinski definition) is 5. The molecule has 0 spiro atoms. The monoisotopic (exact) mass is 460 g/mol. The number of benzene rings is 1. The second-order valence-electron chi connectivity index (χ2n) is 8.74. The zero-order valence-electron chi connectivity index (χ0n) is 18.6. The van der Waals surface area contributed by atoms with E-state index < -0.39 is 48.0 Å². The van der Waals surface area contributed by atoms with Gasteiger partial charge >= 0.3 is 0 Å². The Labute approximate surface area is 190 Å². The zero-order chi connectivity index (χ0) is 24.1. The third-order valence-electron chi connectivity index (χ3n) is 5.72. The lowest BCUT2D eigenvalue weighted by Crippen LogP contribution is -2.53. The second kappa shape index (κ2) is 10.6. The first-order valence-corrected chi connectivity index (χ1v) is 11.0. The fourth-order valence-corrected chi connectivity index (χ4v) is 3.99. The fraction of sp³-hybridized carbons (Fsp3) is 0.478. The van der Waals surface area contributed by atoms with E-state index in [0.29, 0.717) is 18.4 Å². The maximum atomic E-state index is 14.0. The van der Waals surface area contributed by atoms with Gasteiger partial charge in [0.05, 0.1) is 11.6 Å². The highest BCUT2D eigenvalue weighted by Crippen LogP contribution is 2.19. The van der Waals surface area contributed by atoms with Gasteiger partial charge in [-0.1, -0.05) is 26.0 Å². The van der Waals surface area contributed by atoms with E-state index in [9.17, 15) is 28.7 Å². The molecule has 5 N–H and O–H groups in total. The molecule has 9 nitrogen and oxygen atoms in total. The minimum Gasteiger partial charge on any atom is -0.389 e. The van der Waals surface area contributed by atoms with Gasteiger partial charge in [0.1, 0.15) is 24.2 Å². The Bertz CT molecular complexity index is 1050. The van der Waals surface area contributed by atoms with Gasteiger partial charge < -0.3 is 26.0 Å². The lowest BCUT2D eigenvalue weighted by molar-refractivity contribution is -0.131. The summed E-state index contributed by atoms with van der Waals surface area (Å²) in [4.78, 5) is 52.7. The van der Waals surface area contributed by atoms with Crippen LogP contribution in [-0.2, 0) is 14.4 Å². The molecule has 0 radical (unpaired) electrons. The van der Waals surface area contributed by atoms with Gasteiger partial charge in [0.2, 0.25) is 11.8 Å². The van der Waals surface area contributed by atoms with Crippen LogP contribution in [0.1, 0.15) is 43.6 Å². The first kappa shape index (κ1) is 24.4. The van der Waals surface area contributed by atoms with E-state index in [1.165, 1.54) is 18.2 Å². The number of halogens is 1. The molecule has 3 rings (SSSR count). The molecular weight excluding hydrogens is 431 g/mol. The van der Waals surface area contributed by atoms with E-state index >= 15 is 0 Å². The molecule has 178 valence electrons. The summed E-state index contributed by atoms with van der Waals surface area (Å²) >= 11 is 0. The van der Waals surface area contributed by atoms with Gasteiger partial charge in [0.25, 0.3) is 5.91 Å². The van der Waals surface area contributed by atoms with Crippen LogP contribution in [0.15, 0.2) is 24.3 Å². The number of aliphatic hydroxyl groups is 1. The van der Waals surface area contributed by atoms with Gasteiger partial charge in [-0.15, -0.1) is 0 Å². The number of hydrogen-bond acceptors (Lipinski definition) is 5. The molecular formula is C23H29FN4O5. The molecule has 1 aromatic carbocycles. The van der Waals surface area contributed by atoms with Crippen molar-refractivity contribution in [1.82, 2.24) is 20.9 Å². The van der Waals surface area contributed by atoms with Crippen molar-refractivity contribution in [2.24, 2.45) is 11.8 Å². The Balaban J connectivity index is 1.74. The van der Waals surface area contributed by atoms with Crippen LogP contribution in [0.5, 0.6) is 0 Å². The molecule has 3 amide bonds. The predicted molar refractivity (Wildman–Crippen MR) is 119 cm³/mol. The average Bonchev–Trinajstić information content (AvgIpc) is 3.39. The molecule has 1 saturated heterocycles. The number of H-pyrrole nitrogens is 1. The molecule has 33 heavy (non-hydrogen) atoms. The third kappa shape index (κ3) is 5.95. The number of ketones is 1. The summed E-state index contributed by atoms with van der Waals surface area (Å²) in [6.07, 6.45) is 0.893. The second-order valence-corrected chi connectivity index (χ2v) is 8.74. The number of aromatic nitrogens is 1. The highest BCUT2D eigenvalue weighted by atomic mass is 19.1. The number of Topliss-reactive ketones (excluding diaryl/α,β-unsaturated/α-hetero) is 1. The number of rotatable bonds is 10. The van der Waals surface area contributed by atoms with Crippen LogP contribution in [0, 0.1) is 17.7 Å². The van der Waals surface area contributed by atoms with Crippen LogP contribution >= 0.6 is 0 Å². The SMILES string of the molecule is CC(C)CC(NC(=O)c1cc2cccc(F)c2[nH]1)C(=O)NC(C[C@@H]1CCNC1=O)C(=O)CO. The number of amides is 3. The van der Waals surface area contributed by atoms with Crippen molar-refractivity contribution >= 4 is 34.4 Å². The summed E-state index contributed by atoms with van der Waals surface area (Å²) in [5.41, 5.74) is 0.290. The quantitative estimate of drug-likeness (QED) is 0.360. The van der Waals surface area contributed by atoms with Crippen LogP contribution in [-0.4, -0.2) is 58.8 Å². The van der Waals surface area contributed by atoms with E-state index in [2.05, 4.69) is 20.9 Å². The van der Waals surface area contributed by atoms with Crippen LogP contribution in [0.2, 0.25) is 0 Å². The number of fused-ring (bicyclic) bond motifs is 1. The Morgan fingerprint density at radius 1 is 1.21 bits per heavy atom. The first-order chi connectivity index (χ1) is 15.7. The highest BCUT2D eigenvalue weighted by molar-refractivity contribution is 6.01. The van der Waals surface area contributed by atoms with E-state index in [1.807, 2.05) is 13.8 Å². The van der Waals surface area contributed by atoms with E-state index in [4.69, 9.17) is 0 Å². The molecule has 2 aromatic rings. The number of para-hydroxylation sites is 1.